The van der Waals surface area contributed by atoms with Crippen LogP contribution in [0, 0.1) is 6.92 Å². The number of nitrogen functional groups attached to an aromatic ring is 1. The lowest BCUT2D eigenvalue weighted by Gasteiger charge is -2.06. The molecule has 0 spiro atoms. The molecule has 82 valence electrons. The van der Waals surface area contributed by atoms with Crippen LogP contribution in [-0.4, -0.2) is 9.78 Å². The summed E-state index contributed by atoms with van der Waals surface area (Å²) in [5.74, 6) is 0. The first-order chi connectivity index (χ1) is 7.58. The molecule has 0 bridgehead atoms. The Morgan fingerprint density at radius 2 is 1.88 bits per heavy atom. The fraction of sp³-hybridized carbons (Fsp3) is 0.167. The molecular weight excluding hydrogens is 202 g/mol. The van der Waals surface area contributed by atoms with E-state index in [-0.39, 0.29) is 5.56 Å². The minimum Gasteiger partial charge on any atom is -0.399 e. The summed E-state index contributed by atoms with van der Waals surface area (Å²) in [7, 11) is 1.64. The zero-order chi connectivity index (χ0) is 11.7. The standard InChI is InChI=1S/C12H13N3O/c1-8-7-11(16)15(2)14-12(8)9-3-5-10(13)6-4-9/h3-7H,13H2,1-2H3. The highest BCUT2D eigenvalue weighted by Gasteiger charge is 2.05. The van der Waals surface area contributed by atoms with Gasteiger partial charge in [-0.1, -0.05) is 12.1 Å². The highest BCUT2D eigenvalue weighted by molar-refractivity contribution is 5.64. The molecule has 0 amide bonds. The number of benzene rings is 1. The lowest BCUT2D eigenvalue weighted by Crippen LogP contribution is -2.19. The van der Waals surface area contributed by atoms with Crippen LogP contribution in [0.25, 0.3) is 11.3 Å². The van der Waals surface area contributed by atoms with Gasteiger partial charge in [0.25, 0.3) is 5.56 Å². The fourth-order valence-electron chi connectivity index (χ4n) is 1.55. The topological polar surface area (TPSA) is 60.9 Å². The van der Waals surface area contributed by atoms with Crippen molar-refractivity contribution in [1.82, 2.24) is 9.78 Å². The summed E-state index contributed by atoms with van der Waals surface area (Å²) < 4.78 is 1.33. The van der Waals surface area contributed by atoms with Crippen LogP contribution < -0.4 is 11.3 Å². The minimum atomic E-state index is -0.100. The number of hydrogen-bond donors (Lipinski definition) is 1. The maximum atomic E-state index is 11.4. The summed E-state index contributed by atoms with van der Waals surface area (Å²) in [5.41, 5.74) is 8.87. The van der Waals surface area contributed by atoms with Crippen molar-refractivity contribution in [3.63, 3.8) is 0 Å². The Hall–Kier alpha value is -2.10. The molecule has 2 aromatic rings. The van der Waals surface area contributed by atoms with Crippen LogP contribution in [0.2, 0.25) is 0 Å². The normalized spacial score (nSPS) is 10.4. The number of hydrogen-bond acceptors (Lipinski definition) is 3. The van der Waals surface area contributed by atoms with E-state index in [0.29, 0.717) is 5.69 Å². The van der Waals surface area contributed by atoms with Crippen LogP contribution in [0.15, 0.2) is 35.1 Å². The number of aryl methyl sites for hydroxylation is 2. The van der Waals surface area contributed by atoms with E-state index >= 15 is 0 Å². The first kappa shape index (κ1) is 10.4. The molecule has 1 aromatic carbocycles. The molecule has 4 heteroatoms. The predicted octanol–water partition coefficient (Wildman–Crippen LogP) is 1.34. The van der Waals surface area contributed by atoms with Gasteiger partial charge in [-0.15, -0.1) is 0 Å². The van der Waals surface area contributed by atoms with Gasteiger partial charge in [0.2, 0.25) is 0 Å². The molecule has 4 nitrogen and oxygen atoms in total. The van der Waals surface area contributed by atoms with Gasteiger partial charge in [0.15, 0.2) is 0 Å². The van der Waals surface area contributed by atoms with Crippen molar-refractivity contribution in [2.45, 2.75) is 6.92 Å². The molecule has 2 N–H and O–H groups in total. The van der Waals surface area contributed by atoms with Crippen molar-refractivity contribution in [3.8, 4) is 11.3 Å². The third kappa shape index (κ3) is 1.82. The van der Waals surface area contributed by atoms with Gasteiger partial charge in [-0.3, -0.25) is 4.79 Å². The molecule has 0 unspecified atom stereocenters. The molecule has 1 aromatic heterocycles. The second kappa shape index (κ2) is 3.81. The Kier molecular flexibility index (Phi) is 2.48. The van der Waals surface area contributed by atoms with Gasteiger partial charge in [-0.2, -0.15) is 5.10 Å². The Balaban J connectivity index is 2.60. The van der Waals surface area contributed by atoms with E-state index in [0.717, 1.165) is 16.8 Å². The van der Waals surface area contributed by atoms with Gasteiger partial charge < -0.3 is 5.73 Å². The molecule has 0 radical (unpaired) electrons. The molecule has 0 aliphatic carbocycles. The van der Waals surface area contributed by atoms with Crippen molar-refractivity contribution in [1.29, 1.82) is 0 Å². The quantitative estimate of drug-likeness (QED) is 0.730. The summed E-state index contributed by atoms with van der Waals surface area (Å²) in [5, 5.41) is 4.24. The van der Waals surface area contributed by atoms with Gasteiger partial charge >= 0.3 is 0 Å². The summed E-state index contributed by atoms with van der Waals surface area (Å²) in [6, 6.07) is 9.02. The maximum absolute atomic E-state index is 11.4. The molecular formula is C12H13N3O. The lowest BCUT2D eigenvalue weighted by molar-refractivity contribution is 0.708. The van der Waals surface area contributed by atoms with E-state index in [1.54, 1.807) is 13.1 Å². The van der Waals surface area contributed by atoms with Crippen LogP contribution in [0.5, 0.6) is 0 Å². The van der Waals surface area contributed by atoms with Crippen LogP contribution in [0.1, 0.15) is 5.56 Å². The van der Waals surface area contributed by atoms with E-state index in [9.17, 15) is 4.79 Å². The third-order valence-corrected chi connectivity index (χ3v) is 2.47. The molecule has 0 atom stereocenters. The van der Waals surface area contributed by atoms with E-state index < -0.39 is 0 Å². The van der Waals surface area contributed by atoms with Crippen molar-refractivity contribution in [3.05, 3.63) is 46.2 Å². The van der Waals surface area contributed by atoms with Gasteiger partial charge in [-0.05, 0) is 24.6 Å². The molecule has 0 saturated carbocycles. The molecule has 0 fully saturated rings. The third-order valence-electron chi connectivity index (χ3n) is 2.47. The molecule has 0 aliphatic heterocycles. The van der Waals surface area contributed by atoms with Gasteiger partial charge in [0.05, 0.1) is 5.69 Å². The van der Waals surface area contributed by atoms with E-state index in [1.165, 1.54) is 4.68 Å². The van der Waals surface area contributed by atoms with Gasteiger partial charge in [0, 0.05) is 24.4 Å². The number of nitrogens with two attached hydrogens (primary N) is 1. The monoisotopic (exact) mass is 215 g/mol. The first-order valence-electron chi connectivity index (χ1n) is 4.99. The van der Waals surface area contributed by atoms with Crippen LogP contribution in [0.3, 0.4) is 0 Å². The molecule has 1 heterocycles. The maximum Gasteiger partial charge on any atom is 0.266 e. The molecule has 0 saturated heterocycles. The predicted molar refractivity (Wildman–Crippen MR) is 64.1 cm³/mol. The van der Waals surface area contributed by atoms with Crippen molar-refractivity contribution in [2.75, 3.05) is 5.73 Å². The summed E-state index contributed by atoms with van der Waals surface area (Å²) in [6.45, 7) is 1.88. The Morgan fingerprint density at radius 1 is 1.25 bits per heavy atom. The summed E-state index contributed by atoms with van der Waals surface area (Å²) in [6.07, 6.45) is 0. The first-order valence-corrected chi connectivity index (χ1v) is 4.99. The molecule has 16 heavy (non-hydrogen) atoms. The van der Waals surface area contributed by atoms with E-state index in [4.69, 9.17) is 5.73 Å². The van der Waals surface area contributed by atoms with Crippen molar-refractivity contribution in [2.24, 2.45) is 7.05 Å². The highest BCUT2D eigenvalue weighted by atomic mass is 16.1. The zero-order valence-corrected chi connectivity index (χ0v) is 9.27. The smallest absolute Gasteiger partial charge is 0.266 e. The zero-order valence-electron chi connectivity index (χ0n) is 9.27. The molecule has 0 aliphatic rings. The van der Waals surface area contributed by atoms with Crippen LogP contribution in [0.4, 0.5) is 5.69 Å². The van der Waals surface area contributed by atoms with E-state index in [1.807, 2.05) is 31.2 Å². The Labute approximate surface area is 93.3 Å². The summed E-state index contributed by atoms with van der Waals surface area (Å²) >= 11 is 0. The van der Waals surface area contributed by atoms with Crippen LogP contribution in [-0.2, 0) is 7.05 Å². The second-order valence-corrected chi connectivity index (χ2v) is 3.76. The second-order valence-electron chi connectivity index (χ2n) is 3.76. The highest BCUT2D eigenvalue weighted by Crippen LogP contribution is 2.20. The van der Waals surface area contributed by atoms with Gasteiger partial charge in [-0.25, -0.2) is 4.68 Å². The number of rotatable bonds is 1. The van der Waals surface area contributed by atoms with Crippen molar-refractivity contribution >= 4 is 5.69 Å². The number of aromatic nitrogens is 2. The number of anilines is 1. The van der Waals surface area contributed by atoms with E-state index in [2.05, 4.69) is 5.10 Å². The lowest BCUT2D eigenvalue weighted by atomic mass is 10.1. The summed E-state index contributed by atoms with van der Waals surface area (Å²) in [4.78, 5) is 11.4. The Bertz CT molecular complexity index is 570. The number of nitrogens with zero attached hydrogens (tertiary/aromatic N) is 2. The van der Waals surface area contributed by atoms with Crippen LogP contribution >= 0.6 is 0 Å². The Morgan fingerprint density at radius 3 is 2.50 bits per heavy atom. The van der Waals surface area contributed by atoms with Gasteiger partial charge in [0.1, 0.15) is 0 Å². The fourth-order valence-corrected chi connectivity index (χ4v) is 1.55. The SMILES string of the molecule is Cc1cc(=O)n(C)nc1-c1ccc(N)cc1. The molecule has 2 rings (SSSR count). The average molecular weight is 215 g/mol. The minimum absolute atomic E-state index is 0.100. The largest absolute Gasteiger partial charge is 0.399 e. The van der Waals surface area contributed by atoms with Crippen molar-refractivity contribution < 1.29 is 0 Å². The average Bonchev–Trinajstić information content (AvgIpc) is 2.25.